The molecule has 0 unspecified atom stereocenters. The van der Waals surface area contributed by atoms with Crippen LogP contribution in [0.5, 0.6) is 0 Å². The largest absolute Gasteiger partial charge is 0.106 e. The highest BCUT2D eigenvalue weighted by molar-refractivity contribution is 5.18. The zero-order chi connectivity index (χ0) is 6.95. The molecule has 0 aliphatic heterocycles. The number of rotatable bonds is 0. The summed E-state index contributed by atoms with van der Waals surface area (Å²) >= 11 is 0. The van der Waals surface area contributed by atoms with Gasteiger partial charge < -0.3 is 0 Å². The van der Waals surface area contributed by atoms with Gasteiger partial charge >= 0.3 is 0 Å². The number of hydrogen-bond donors (Lipinski definition) is 0. The fourth-order valence-corrected chi connectivity index (χ4v) is 0.326. The van der Waals surface area contributed by atoms with E-state index in [1.807, 2.05) is 26.0 Å². The molecule has 0 heteroatoms. The van der Waals surface area contributed by atoms with Crippen LogP contribution < -0.4 is 0 Å². The summed E-state index contributed by atoms with van der Waals surface area (Å²) in [6, 6.07) is 0. The van der Waals surface area contributed by atoms with Crippen molar-refractivity contribution in [1.82, 2.24) is 0 Å². The third-order valence-electron chi connectivity index (χ3n) is 0.706. The van der Waals surface area contributed by atoms with Crippen LogP contribution in [0.1, 0.15) is 20.3 Å². The van der Waals surface area contributed by atoms with Gasteiger partial charge in [-0.2, -0.15) is 0 Å². The van der Waals surface area contributed by atoms with Gasteiger partial charge in [-0.1, -0.05) is 23.8 Å². The van der Waals surface area contributed by atoms with E-state index in [0.29, 0.717) is 6.42 Å². The molecule has 9 heavy (non-hydrogen) atoms. The van der Waals surface area contributed by atoms with Crippen molar-refractivity contribution in [2.75, 3.05) is 0 Å². The zero-order valence-corrected chi connectivity index (χ0v) is 5.86. The van der Waals surface area contributed by atoms with Gasteiger partial charge in [0, 0.05) is 0 Å². The Hall–Kier alpha value is -1.14. The monoisotopic (exact) mass is 118 g/mol. The van der Waals surface area contributed by atoms with E-state index in [1.165, 1.54) is 0 Å². The summed E-state index contributed by atoms with van der Waals surface area (Å²) in [5, 5.41) is 0. The molecule has 0 nitrogen and oxygen atoms in total. The minimum atomic E-state index is 0.681. The molecule has 0 N–H and O–H groups in total. The maximum atomic E-state index is 2.88. The second-order valence-electron chi connectivity index (χ2n) is 1.42. The van der Waals surface area contributed by atoms with E-state index < -0.39 is 0 Å². The van der Waals surface area contributed by atoms with E-state index in [-0.39, 0.29) is 0 Å². The molecule has 0 fully saturated rings. The van der Waals surface area contributed by atoms with Crippen LogP contribution in [0.15, 0.2) is 12.2 Å². The lowest BCUT2D eigenvalue weighted by Crippen LogP contribution is -1.56. The summed E-state index contributed by atoms with van der Waals surface area (Å²) in [5.74, 6) is 11.3. The summed E-state index contributed by atoms with van der Waals surface area (Å²) in [7, 11) is 0. The van der Waals surface area contributed by atoms with E-state index >= 15 is 0 Å². The first-order valence-corrected chi connectivity index (χ1v) is 2.91. The minimum absolute atomic E-state index is 0.681. The predicted octanol–water partition coefficient (Wildman–Crippen LogP) is 1.98. The van der Waals surface area contributed by atoms with Crippen LogP contribution >= 0.6 is 0 Å². The summed E-state index contributed by atoms with van der Waals surface area (Å²) in [4.78, 5) is 0. The van der Waals surface area contributed by atoms with Crippen molar-refractivity contribution in [2.45, 2.75) is 20.3 Å². The Kier molecular flexibility index (Phi) is 5.99. The van der Waals surface area contributed by atoms with E-state index in [4.69, 9.17) is 0 Å². The number of allylic oxidation sites excluding steroid dienone is 2. The highest BCUT2D eigenvalue weighted by Gasteiger charge is 1.60. The smallest absolute Gasteiger partial charge is 0.0706 e. The molecule has 0 atom stereocenters. The summed E-state index contributed by atoms with van der Waals surface area (Å²) < 4.78 is 0. The second-order valence-corrected chi connectivity index (χ2v) is 1.42. The Morgan fingerprint density at radius 2 is 2.11 bits per heavy atom. The molecule has 0 radical (unpaired) electrons. The van der Waals surface area contributed by atoms with Gasteiger partial charge in [0.05, 0.1) is 6.42 Å². The third-order valence-corrected chi connectivity index (χ3v) is 0.706. The highest BCUT2D eigenvalue weighted by atomic mass is 13.6. The van der Waals surface area contributed by atoms with E-state index in [0.717, 1.165) is 0 Å². The van der Waals surface area contributed by atoms with Crippen LogP contribution in [0.4, 0.5) is 0 Å². The summed E-state index contributed by atoms with van der Waals surface area (Å²) in [6.45, 7) is 3.76. The maximum Gasteiger partial charge on any atom is 0.0706 e. The third kappa shape index (κ3) is 6.86. The van der Waals surface area contributed by atoms with Gasteiger partial charge in [-0.15, -0.1) is 5.92 Å². The molecule has 0 bridgehead atoms. The van der Waals surface area contributed by atoms with Crippen LogP contribution in [-0.2, 0) is 0 Å². The molecule has 0 aliphatic carbocycles. The van der Waals surface area contributed by atoms with Crippen LogP contribution in [-0.4, -0.2) is 0 Å². The molecule has 0 saturated heterocycles. The average Bonchev–Trinajstić information content (AvgIpc) is 1.89. The van der Waals surface area contributed by atoms with Crippen LogP contribution in [0, 0.1) is 23.7 Å². The van der Waals surface area contributed by atoms with Gasteiger partial charge in [0.25, 0.3) is 0 Å². The van der Waals surface area contributed by atoms with Crippen molar-refractivity contribution in [1.29, 1.82) is 0 Å². The molecule has 0 amide bonds. The minimum Gasteiger partial charge on any atom is -0.106 e. The predicted molar refractivity (Wildman–Crippen MR) is 40.7 cm³/mol. The van der Waals surface area contributed by atoms with Gasteiger partial charge in [-0.3, -0.25) is 0 Å². The Bertz CT molecular complexity index is 188. The van der Waals surface area contributed by atoms with Gasteiger partial charge in [0.15, 0.2) is 0 Å². The molecular formula is C9H10. The first-order chi connectivity index (χ1) is 4.41. The van der Waals surface area contributed by atoms with E-state index in [9.17, 15) is 0 Å². The van der Waals surface area contributed by atoms with Crippen LogP contribution in [0.25, 0.3) is 0 Å². The maximum absolute atomic E-state index is 2.88. The quantitative estimate of drug-likeness (QED) is 0.427. The van der Waals surface area contributed by atoms with Crippen molar-refractivity contribution < 1.29 is 0 Å². The Labute approximate surface area is 57.0 Å². The topological polar surface area (TPSA) is 0 Å². The van der Waals surface area contributed by atoms with Gasteiger partial charge in [0.1, 0.15) is 0 Å². The Morgan fingerprint density at radius 1 is 1.33 bits per heavy atom. The first-order valence-electron chi connectivity index (χ1n) is 2.91. The first kappa shape index (κ1) is 7.86. The van der Waals surface area contributed by atoms with Crippen LogP contribution in [0.2, 0.25) is 0 Å². The van der Waals surface area contributed by atoms with Crippen molar-refractivity contribution >= 4 is 0 Å². The SMILES string of the molecule is CC#CCC#CC=CC. The molecule has 0 spiro atoms. The lowest BCUT2D eigenvalue weighted by molar-refractivity contribution is 1.55. The Balaban J connectivity index is 3.46. The molecule has 0 rings (SSSR count). The van der Waals surface area contributed by atoms with Crippen molar-refractivity contribution in [2.24, 2.45) is 0 Å². The molecule has 0 aromatic rings. The molecule has 0 aromatic carbocycles. The summed E-state index contributed by atoms with van der Waals surface area (Å²) in [6.07, 6.45) is 4.41. The fourth-order valence-electron chi connectivity index (χ4n) is 0.326. The fraction of sp³-hybridized carbons (Fsp3) is 0.333. The Morgan fingerprint density at radius 3 is 2.67 bits per heavy atom. The van der Waals surface area contributed by atoms with Gasteiger partial charge in [0.2, 0.25) is 0 Å². The molecule has 0 aromatic heterocycles. The van der Waals surface area contributed by atoms with Gasteiger partial charge in [-0.05, 0) is 19.9 Å². The highest BCUT2D eigenvalue weighted by Crippen LogP contribution is 1.70. The van der Waals surface area contributed by atoms with Crippen molar-refractivity contribution in [3.63, 3.8) is 0 Å². The van der Waals surface area contributed by atoms with E-state index in [1.54, 1.807) is 0 Å². The molecular weight excluding hydrogens is 108 g/mol. The van der Waals surface area contributed by atoms with E-state index in [2.05, 4.69) is 23.7 Å². The van der Waals surface area contributed by atoms with Crippen molar-refractivity contribution in [3.8, 4) is 23.7 Å². The molecule has 0 saturated carbocycles. The van der Waals surface area contributed by atoms with Crippen LogP contribution in [0.3, 0.4) is 0 Å². The average molecular weight is 118 g/mol. The number of hydrogen-bond acceptors (Lipinski definition) is 0. The van der Waals surface area contributed by atoms with Gasteiger partial charge in [-0.25, -0.2) is 0 Å². The molecule has 46 valence electrons. The lowest BCUT2D eigenvalue weighted by Gasteiger charge is -1.66. The zero-order valence-electron chi connectivity index (χ0n) is 5.86. The molecule has 0 aliphatic rings. The van der Waals surface area contributed by atoms with Crippen molar-refractivity contribution in [3.05, 3.63) is 12.2 Å². The molecule has 0 heterocycles. The normalized spacial score (nSPS) is 7.33. The summed E-state index contributed by atoms with van der Waals surface area (Å²) in [5.41, 5.74) is 0. The lowest BCUT2D eigenvalue weighted by atomic mass is 10.4. The standard InChI is InChI=1S/C9H10/c1-3-5-7-9-8-6-4-2/h3,5H,8H2,1-2H3. The second kappa shape index (κ2) is 6.86.